The van der Waals surface area contributed by atoms with Crippen molar-refractivity contribution in [1.82, 2.24) is 0 Å². The molecule has 0 amide bonds. The van der Waals surface area contributed by atoms with Gasteiger partial charge in [0.25, 0.3) is 0 Å². The molecule has 0 spiro atoms. The lowest BCUT2D eigenvalue weighted by Gasteiger charge is -2.34. The number of ether oxygens (including phenoxy) is 3. The minimum Gasteiger partial charge on any atom is -0.544 e. The van der Waals surface area contributed by atoms with Crippen molar-refractivity contribution in [2.75, 3.05) is 41.0 Å². The van der Waals surface area contributed by atoms with Crippen LogP contribution in [0.2, 0.25) is 0 Å². The fourth-order valence-corrected chi connectivity index (χ4v) is 4.37. The molecule has 8 nitrogen and oxygen atoms in total. The van der Waals surface area contributed by atoms with Crippen LogP contribution >= 0.6 is 0 Å². The zero-order valence-corrected chi connectivity index (χ0v) is 26.3. The van der Waals surface area contributed by atoms with E-state index in [1.54, 1.807) is 21.1 Å². The molecule has 0 heterocycles. The molecule has 8 heteroatoms. The van der Waals surface area contributed by atoms with Gasteiger partial charge < -0.3 is 28.6 Å². The first-order valence-electron chi connectivity index (χ1n) is 15.7. The van der Waals surface area contributed by atoms with Crippen LogP contribution in [0.25, 0.3) is 0 Å². The second kappa shape index (κ2) is 24.8. The Morgan fingerprint density at radius 1 is 0.725 bits per heavy atom. The molecule has 0 aromatic rings. The van der Waals surface area contributed by atoms with E-state index in [9.17, 15) is 19.5 Å². The van der Waals surface area contributed by atoms with Gasteiger partial charge in [-0.3, -0.25) is 9.59 Å². The lowest BCUT2D eigenvalue weighted by molar-refractivity contribution is -0.889. The molecular weight excluding hydrogens is 510 g/mol. The number of quaternary nitrogens is 1. The maximum atomic E-state index is 12.5. The molecule has 234 valence electrons. The van der Waals surface area contributed by atoms with E-state index in [4.69, 9.17) is 14.2 Å². The lowest BCUT2D eigenvalue weighted by atomic mass is 10.1. The third kappa shape index (κ3) is 22.8. The molecular formula is C32H59NO7. The fraction of sp³-hybridized carbons (Fsp3) is 0.844. The van der Waals surface area contributed by atoms with Crippen LogP contribution in [0.4, 0.5) is 0 Å². The predicted molar refractivity (Wildman–Crippen MR) is 157 cm³/mol. The average Bonchev–Trinajstić information content (AvgIpc) is 2.89. The molecule has 0 bridgehead atoms. The SMILES string of the molecule is CCCCCC/C=C/CCCC(=O)OC(COCCC(C(=O)[O-])[N+](C)(C)C)COC(=O)CCCCCCCCC. The monoisotopic (exact) mass is 569 g/mol. The molecule has 2 unspecified atom stereocenters. The van der Waals surface area contributed by atoms with Crippen LogP contribution in [-0.2, 0) is 28.6 Å². The molecule has 40 heavy (non-hydrogen) atoms. The van der Waals surface area contributed by atoms with Gasteiger partial charge in [-0.25, -0.2) is 0 Å². The molecule has 0 saturated heterocycles. The quantitative estimate of drug-likeness (QED) is 0.0556. The number of rotatable bonds is 27. The third-order valence-electron chi connectivity index (χ3n) is 6.90. The Kier molecular flexibility index (Phi) is 23.6. The van der Waals surface area contributed by atoms with Crippen molar-refractivity contribution < 1.29 is 38.2 Å². The van der Waals surface area contributed by atoms with Crippen molar-refractivity contribution in [1.29, 1.82) is 0 Å². The van der Waals surface area contributed by atoms with Crippen molar-refractivity contribution in [3.63, 3.8) is 0 Å². The van der Waals surface area contributed by atoms with E-state index in [2.05, 4.69) is 26.0 Å². The standard InChI is InChI=1S/C32H59NO7/c1-6-8-10-12-14-15-17-19-21-23-31(35)40-28(26-38-25-24-29(32(36)37)33(3,4)5)27-39-30(34)22-20-18-16-13-11-9-7-2/h15,17,28-29H,6-14,16,18-27H2,1-5H3/b17-15+. The molecule has 0 saturated carbocycles. The van der Waals surface area contributed by atoms with Gasteiger partial charge in [-0.05, 0) is 32.1 Å². The number of carbonyl (C=O) groups excluding carboxylic acids is 3. The summed E-state index contributed by atoms with van der Waals surface area (Å²) in [4.78, 5) is 36.2. The number of hydrogen-bond acceptors (Lipinski definition) is 7. The second-order valence-electron chi connectivity index (χ2n) is 11.7. The number of esters is 2. The number of hydrogen-bond donors (Lipinski definition) is 0. The highest BCUT2D eigenvalue weighted by Gasteiger charge is 2.25. The van der Waals surface area contributed by atoms with Gasteiger partial charge in [0.1, 0.15) is 12.6 Å². The van der Waals surface area contributed by atoms with Crippen molar-refractivity contribution >= 4 is 17.9 Å². The van der Waals surface area contributed by atoms with Gasteiger partial charge in [0.05, 0.1) is 40.3 Å². The Morgan fingerprint density at radius 3 is 1.88 bits per heavy atom. The highest BCUT2D eigenvalue weighted by atomic mass is 16.6. The van der Waals surface area contributed by atoms with E-state index in [0.29, 0.717) is 12.8 Å². The van der Waals surface area contributed by atoms with Crippen molar-refractivity contribution in [3.8, 4) is 0 Å². The van der Waals surface area contributed by atoms with E-state index in [1.807, 2.05) is 0 Å². The van der Waals surface area contributed by atoms with Crippen LogP contribution in [0.15, 0.2) is 12.2 Å². The molecule has 0 aromatic heterocycles. The Morgan fingerprint density at radius 2 is 1.27 bits per heavy atom. The van der Waals surface area contributed by atoms with Crippen LogP contribution in [-0.4, -0.2) is 75.5 Å². The summed E-state index contributed by atoms with van der Waals surface area (Å²) in [6, 6.07) is -0.722. The van der Waals surface area contributed by atoms with E-state index in [1.165, 1.54) is 51.4 Å². The highest BCUT2D eigenvalue weighted by molar-refractivity contribution is 5.70. The molecule has 0 fully saturated rings. The molecule has 0 radical (unpaired) electrons. The molecule has 0 N–H and O–H groups in total. The number of likely N-dealkylation sites (N-methyl/N-ethyl adjacent to an activating group) is 1. The molecule has 0 aliphatic rings. The highest BCUT2D eigenvalue weighted by Crippen LogP contribution is 2.11. The van der Waals surface area contributed by atoms with Crippen molar-refractivity contribution in [2.24, 2.45) is 0 Å². The molecule has 0 aromatic carbocycles. The average molecular weight is 570 g/mol. The minimum atomic E-state index is -1.13. The van der Waals surface area contributed by atoms with Crippen LogP contribution in [0.1, 0.15) is 123 Å². The summed E-state index contributed by atoms with van der Waals surface area (Å²) in [5.41, 5.74) is 0. The van der Waals surface area contributed by atoms with Gasteiger partial charge in [-0.2, -0.15) is 0 Å². The van der Waals surface area contributed by atoms with E-state index in [-0.39, 0.29) is 49.1 Å². The maximum Gasteiger partial charge on any atom is 0.306 e. The van der Waals surface area contributed by atoms with Crippen molar-refractivity contribution in [3.05, 3.63) is 12.2 Å². The topological polar surface area (TPSA) is 102 Å². The van der Waals surface area contributed by atoms with Gasteiger partial charge in [-0.15, -0.1) is 0 Å². The fourth-order valence-electron chi connectivity index (χ4n) is 4.37. The summed E-state index contributed by atoms with van der Waals surface area (Å²) in [6.07, 6.45) is 19.8. The number of nitrogens with zero attached hydrogens (tertiary/aromatic N) is 1. The first-order valence-corrected chi connectivity index (χ1v) is 15.7. The maximum absolute atomic E-state index is 12.5. The zero-order valence-electron chi connectivity index (χ0n) is 26.3. The van der Waals surface area contributed by atoms with Crippen molar-refractivity contribution in [2.45, 2.75) is 135 Å². The van der Waals surface area contributed by atoms with Gasteiger partial charge in [-0.1, -0.05) is 83.8 Å². The van der Waals surface area contributed by atoms with Gasteiger partial charge in [0.2, 0.25) is 0 Å². The second-order valence-corrected chi connectivity index (χ2v) is 11.7. The number of unbranched alkanes of at least 4 members (excludes halogenated alkanes) is 11. The van der Waals surface area contributed by atoms with Gasteiger partial charge in [0.15, 0.2) is 6.10 Å². The number of aliphatic carboxylic acids is 1. The summed E-state index contributed by atoms with van der Waals surface area (Å²) in [5.74, 6) is -1.79. The Bertz CT molecular complexity index is 687. The van der Waals surface area contributed by atoms with Gasteiger partial charge in [0, 0.05) is 19.3 Å². The minimum absolute atomic E-state index is 0.0328. The number of carboxylic acids is 1. The summed E-state index contributed by atoms with van der Waals surface area (Å²) < 4.78 is 16.9. The zero-order chi connectivity index (χ0) is 30.1. The Balaban J connectivity index is 4.57. The van der Waals surface area contributed by atoms with Crippen LogP contribution in [0, 0.1) is 0 Å². The number of allylic oxidation sites excluding steroid dienone is 2. The summed E-state index contributed by atoms with van der Waals surface area (Å²) in [5, 5.41) is 11.5. The van der Waals surface area contributed by atoms with Crippen LogP contribution < -0.4 is 5.11 Å². The largest absolute Gasteiger partial charge is 0.544 e. The summed E-state index contributed by atoms with van der Waals surface area (Å²) in [6.45, 7) is 4.52. The molecule has 0 aliphatic heterocycles. The number of carboxylic acid groups (broad SMARTS) is 1. The third-order valence-corrected chi connectivity index (χ3v) is 6.90. The molecule has 0 aliphatic carbocycles. The van der Waals surface area contributed by atoms with E-state index < -0.39 is 18.1 Å². The van der Waals surface area contributed by atoms with E-state index >= 15 is 0 Å². The molecule has 0 rings (SSSR count). The van der Waals surface area contributed by atoms with Gasteiger partial charge >= 0.3 is 11.9 Å². The Hall–Kier alpha value is -1.93. The lowest BCUT2D eigenvalue weighted by Crippen LogP contribution is -2.55. The molecule has 2 atom stereocenters. The summed E-state index contributed by atoms with van der Waals surface area (Å²) in [7, 11) is 5.37. The number of carbonyl (C=O) groups is 3. The van der Waals surface area contributed by atoms with E-state index in [0.717, 1.165) is 32.1 Å². The smallest absolute Gasteiger partial charge is 0.306 e. The van der Waals surface area contributed by atoms with Crippen LogP contribution in [0.3, 0.4) is 0 Å². The first-order chi connectivity index (χ1) is 19.1. The van der Waals surface area contributed by atoms with Crippen LogP contribution in [0.5, 0.6) is 0 Å². The summed E-state index contributed by atoms with van der Waals surface area (Å²) >= 11 is 0. The predicted octanol–water partition coefficient (Wildman–Crippen LogP) is 5.51. The Labute approximate surface area is 244 Å². The first kappa shape index (κ1) is 38.1. The normalized spacial score (nSPS) is 13.3.